The van der Waals surface area contributed by atoms with Crippen LogP contribution in [0.15, 0.2) is 17.0 Å². The summed E-state index contributed by atoms with van der Waals surface area (Å²) in [6.45, 7) is 4.10. The molecule has 1 aromatic heterocycles. The molecule has 0 aliphatic carbocycles. The molecule has 0 saturated carbocycles. The van der Waals surface area contributed by atoms with E-state index in [9.17, 15) is 9.90 Å². The van der Waals surface area contributed by atoms with Crippen molar-refractivity contribution in [3.63, 3.8) is 0 Å². The van der Waals surface area contributed by atoms with Gasteiger partial charge in [-0.1, -0.05) is 12.1 Å². The number of hydrogen-bond acceptors (Lipinski definition) is 4. The molecule has 0 aromatic carbocycles. The van der Waals surface area contributed by atoms with Crippen molar-refractivity contribution in [1.29, 1.82) is 0 Å². The highest BCUT2D eigenvalue weighted by atomic mass is 16.5. The molecule has 1 aromatic rings. The highest BCUT2D eigenvalue weighted by Gasteiger charge is 2.43. The number of likely N-dealkylation sites (tertiary alicyclic amines) is 1. The molecule has 1 aliphatic rings. The molecule has 0 amide bonds. The van der Waals surface area contributed by atoms with E-state index in [-0.39, 0.29) is 0 Å². The van der Waals surface area contributed by atoms with Crippen LogP contribution >= 0.6 is 0 Å². The average Bonchev–Trinajstić information content (AvgIpc) is 2.88. The molecule has 1 fully saturated rings. The van der Waals surface area contributed by atoms with Gasteiger partial charge in [-0.25, -0.2) is 0 Å². The second-order valence-electron chi connectivity index (χ2n) is 4.43. The Kier molecular flexibility index (Phi) is 2.96. The van der Waals surface area contributed by atoms with Crippen LogP contribution < -0.4 is 0 Å². The first-order chi connectivity index (χ1) is 7.66. The number of rotatable bonds is 4. The Morgan fingerprint density at radius 3 is 3.06 bits per heavy atom. The van der Waals surface area contributed by atoms with Gasteiger partial charge in [-0.05, 0) is 19.4 Å². The molecular formula is C11H16N2O3. The van der Waals surface area contributed by atoms with Gasteiger partial charge in [0.1, 0.15) is 6.26 Å². The molecule has 88 valence electrons. The van der Waals surface area contributed by atoms with Crippen LogP contribution in [0.2, 0.25) is 0 Å². The Hall–Kier alpha value is -1.36. The average molecular weight is 224 g/mol. The van der Waals surface area contributed by atoms with Crippen molar-refractivity contribution in [1.82, 2.24) is 10.1 Å². The monoisotopic (exact) mass is 224 g/mol. The minimum atomic E-state index is -0.678. The smallest absolute Gasteiger partial charge is 0.310 e. The zero-order valence-corrected chi connectivity index (χ0v) is 9.35. The number of carboxylic acids is 1. The number of nitrogens with zero attached hydrogens (tertiary/aromatic N) is 2. The molecule has 0 bridgehead atoms. The van der Waals surface area contributed by atoms with Crippen LogP contribution in [0.4, 0.5) is 0 Å². The van der Waals surface area contributed by atoms with E-state index in [0.717, 1.165) is 25.1 Å². The number of hydrogen-bond donors (Lipinski definition) is 1. The largest absolute Gasteiger partial charge is 0.481 e. The highest BCUT2D eigenvalue weighted by Crippen LogP contribution is 2.34. The number of carboxylic acid groups (broad SMARTS) is 1. The predicted octanol–water partition coefficient (Wildman–Crippen LogP) is 1.36. The van der Waals surface area contributed by atoms with Crippen molar-refractivity contribution in [3.05, 3.63) is 18.0 Å². The Bertz CT molecular complexity index is 363. The summed E-state index contributed by atoms with van der Waals surface area (Å²) in [5.41, 5.74) is 0.439. The fourth-order valence-electron chi connectivity index (χ4n) is 2.27. The quantitative estimate of drug-likeness (QED) is 0.836. The first-order valence-corrected chi connectivity index (χ1v) is 5.50. The summed E-state index contributed by atoms with van der Waals surface area (Å²) in [7, 11) is 0. The lowest BCUT2D eigenvalue weighted by Crippen LogP contribution is -2.33. The standard InChI is InChI=1S/C11H16N2O3/c1-2-11(10(14)15)3-4-13(8-11)6-9-5-12-16-7-9/h5,7H,2-4,6,8H2,1H3,(H,14,15). The molecular weight excluding hydrogens is 208 g/mol. The van der Waals surface area contributed by atoms with Gasteiger partial charge in [-0.15, -0.1) is 0 Å². The molecule has 1 N–H and O–H groups in total. The molecule has 1 aliphatic heterocycles. The van der Waals surface area contributed by atoms with Crippen LogP contribution in [-0.2, 0) is 11.3 Å². The van der Waals surface area contributed by atoms with Crippen molar-refractivity contribution >= 4 is 5.97 Å². The van der Waals surface area contributed by atoms with Crippen LogP contribution in [0.25, 0.3) is 0 Å². The van der Waals surface area contributed by atoms with Crippen LogP contribution in [0.3, 0.4) is 0 Å². The van der Waals surface area contributed by atoms with E-state index in [1.54, 1.807) is 12.5 Å². The SMILES string of the molecule is CCC1(C(=O)O)CCN(Cc2cnoc2)C1. The minimum absolute atomic E-state index is 0.558. The normalized spacial score (nSPS) is 26.1. The zero-order valence-electron chi connectivity index (χ0n) is 9.35. The van der Waals surface area contributed by atoms with Crippen LogP contribution in [0, 0.1) is 5.41 Å². The van der Waals surface area contributed by atoms with Crippen molar-refractivity contribution in [3.8, 4) is 0 Å². The summed E-state index contributed by atoms with van der Waals surface area (Å²) < 4.78 is 4.76. The molecule has 2 heterocycles. The lowest BCUT2D eigenvalue weighted by molar-refractivity contribution is -0.148. The Labute approximate surface area is 94.0 Å². The molecule has 16 heavy (non-hydrogen) atoms. The lowest BCUT2D eigenvalue weighted by atomic mass is 9.84. The van der Waals surface area contributed by atoms with Crippen molar-refractivity contribution in [2.45, 2.75) is 26.3 Å². The van der Waals surface area contributed by atoms with E-state index in [2.05, 4.69) is 10.1 Å². The summed E-state index contributed by atoms with van der Waals surface area (Å²) in [6.07, 6.45) is 4.69. The third-order valence-corrected chi connectivity index (χ3v) is 3.45. The maximum atomic E-state index is 11.2. The zero-order chi connectivity index (χ0) is 11.6. The maximum Gasteiger partial charge on any atom is 0.310 e. The van der Waals surface area contributed by atoms with Crippen molar-refractivity contribution < 1.29 is 14.4 Å². The predicted molar refractivity (Wildman–Crippen MR) is 56.8 cm³/mol. The third-order valence-electron chi connectivity index (χ3n) is 3.45. The van der Waals surface area contributed by atoms with Gasteiger partial charge in [-0.2, -0.15) is 0 Å². The Balaban J connectivity index is 1.99. The van der Waals surface area contributed by atoms with Gasteiger partial charge in [0.05, 0.1) is 11.6 Å². The second-order valence-corrected chi connectivity index (χ2v) is 4.43. The molecule has 1 unspecified atom stereocenters. The Morgan fingerprint density at radius 2 is 2.56 bits per heavy atom. The van der Waals surface area contributed by atoms with Gasteiger partial charge in [0.25, 0.3) is 0 Å². The summed E-state index contributed by atoms with van der Waals surface area (Å²) in [4.78, 5) is 13.4. The summed E-state index contributed by atoms with van der Waals surface area (Å²) in [6, 6.07) is 0. The summed E-state index contributed by atoms with van der Waals surface area (Å²) in [5.74, 6) is -0.678. The number of aromatic nitrogens is 1. The molecule has 5 heteroatoms. The molecule has 1 atom stereocenters. The van der Waals surface area contributed by atoms with Gasteiger partial charge in [-0.3, -0.25) is 9.69 Å². The lowest BCUT2D eigenvalue weighted by Gasteiger charge is -2.22. The van der Waals surface area contributed by atoms with E-state index in [0.29, 0.717) is 13.0 Å². The van der Waals surface area contributed by atoms with E-state index in [4.69, 9.17) is 4.52 Å². The number of carbonyl (C=O) groups is 1. The number of aliphatic carboxylic acids is 1. The maximum absolute atomic E-state index is 11.2. The Morgan fingerprint density at radius 1 is 1.75 bits per heavy atom. The topological polar surface area (TPSA) is 66.6 Å². The molecule has 0 radical (unpaired) electrons. The van der Waals surface area contributed by atoms with Gasteiger partial charge in [0.2, 0.25) is 0 Å². The van der Waals surface area contributed by atoms with E-state index < -0.39 is 11.4 Å². The van der Waals surface area contributed by atoms with Crippen molar-refractivity contribution in [2.75, 3.05) is 13.1 Å². The highest BCUT2D eigenvalue weighted by molar-refractivity contribution is 5.75. The van der Waals surface area contributed by atoms with E-state index in [1.165, 1.54) is 0 Å². The van der Waals surface area contributed by atoms with E-state index >= 15 is 0 Å². The fraction of sp³-hybridized carbons (Fsp3) is 0.636. The molecule has 5 nitrogen and oxygen atoms in total. The molecule has 0 spiro atoms. The van der Waals surface area contributed by atoms with Crippen LogP contribution in [0.1, 0.15) is 25.3 Å². The summed E-state index contributed by atoms with van der Waals surface area (Å²) >= 11 is 0. The minimum Gasteiger partial charge on any atom is -0.481 e. The van der Waals surface area contributed by atoms with Crippen molar-refractivity contribution in [2.24, 2.45) is 5.41 Å². The van der Waals surface area contributed by atoms with E-state index in [1.807, 2.05) is 6.92 Å². The van der Waals surface area contributed by atoms with Crippen LogP contribution in [-0.4, -0.2) is 34.2 Å². The van der Waals surface area contributed by atoms with Gasteiger partial charge in [0, 0.05) is 18.7 Å². The first-order valence-electron chi connectivity index (χ1n) is 5.50. The van der Waals surface area contributed by atoms with Crippen LogP contribution in [0.5, 0.6) is 0 Å². The third kappa shape index (κ3) is 1.95. The van der Waals surface area contributed by atoms with Gasteiger partial charge >= 0.3 is 5.97 Å². The molecule has 1 saturated heterocycles. The van der Waals surface area contributed by atoms with Gasteiger partial charge in [0.15, 0.2) is 0 Å². The molecule has 2 rings (SSSR count). The van der Waals surface area contributed by atoms with Gasteiger partial charge < -0.3 is 9.63 Å². The first kappa shape index (κ1) is 11.1. The fourth-order valence-corrected chi connectivity index (χ4v) is 2.27. The second kappa shape index (κ2) is 4.25. The summed E-state index contributed by atoms with van der Waals surface area (Å²) in [5, 5.41) is 12.9.